The lowest BCUT2D eigenvalue weighted by molar-refractivity contribution is 0.0952. The second-order valence-corrected chi connectivity index (χ2v) is 7.50. The second-order valence-electron chi connectivity index (χ2n) is 7.50. The van der Waals surface area contributed by atoms with Gasteiger partial charge in [-0.2, -0.15) is 5.10 Å². The molecule has 146 valence electrons. The lowest BCUT2D eigenvalue weighted by atomic mass is 9.99. The first-order chi connectivity index (χ1) is 14.1. The number of hydrogen-bond donors (Lipinski definition) is 2. The highest BCUT2D eigenvalue weighted by molar-refractivity contribution is 5.95. The molecule has 0 saturated carbocycles. The van der Waals surface area contributed by atoms with Crippen molar-refractivity contribution in [2.45, 2.75) is 26.7 Å². The number of H-pyrrole nitrogens is 1. The van der Waals surface area contributed by atoms with Crippen molar-refractivity contribution in [2.24, 2.45) is 0 Å². The smallest absolute Gasteiger partial charge is 0.251 e. The Morgan fingerprint density at radius 1 is 0.966 bits per heavy atom. The molecule has 0 fully saturated rings. The average Bonchev–Trinajstić information content (AvgIpc) is 3.21. The molecule has 4 aromatic rings. The minimum absolute atomic E-state index is 0.00320. The number of hydrogen-bond acceptors (Lipinski definition) is 2. The Morgan fingerprint density at radius 2 is 1.76 bits per heavy atom. The van der Waals surface area contributed by atoms with Crippen LogP contribution in [0.15, 0.2) is 66.9 Å². The average molecular weight is 383 g/mol. The number of benzene rings is 3. The molecule has 1 aromatic heterocycles. The number of fused-ring (bicyclic) bond motifs is 1. The summed E-state index contributed by atoms with van der Waals surface area (Å²) in [6.45, 7) is 4.73. The zero-order valence-corrected chi connectivity index (χ0v) is 16.8. The Labute approximate surface area is 171 Å². The monoisotopic (exact) mass is 383 g/mol. The van der Waals surface area contributed by atoms with Gasteiger partial charge in [-0.1, -0.05) is 42.5 Å². The van der Waals surface area contributed by atoms with Gasteiger partial charge in [0.05, 0.1) is 11.7 Å². The lowest BCUT2D eigenvalue weighted by Crippen LogP contribution is -2.25. The van der Waals surface area contributed by atoms with E-state index in [4.69, 9.17) is 0 Å². The zero-order chi connectivity index (χ0) is 20.2. The van der Waals surface area contributed by atoms with Crippen molar-refractivity contribution in [3.8, 4) is 11.1 Å². The third-order valence-corrected chi connectivity index (χ3v) is 5.35. The number of aryl methyl sites for hydroxylation is 3. The van der Waals surface area contributed by atoms with Crippen LogP contribution in [-0.4, -0.2) is 22.6 Å². The van der Waals surface area contributed by atoms with Crippen LogP contribution in [0.25, 0.3) is 22.0 Å². The van der Waals surface area contributed by atoms with Gasteiger partial charge in [0.1, 0.15) is 0 Å². The van der Waals surface area contributed by atoms with Crippen LogP contribution in [0.5, 0.6) is 0 Å². The molecule has 0 unspecified atom stereocenters. The Hall–Kier alpha value is -3.40. The van der Waals surface area contributed by atoms with Gasteiger partial charge >= 0.3 is 0 Å². The number of aromatic amines is 1. The maximum atomic E-state index is 12.3. The molecule has 0 aliphatic rings. The first kappa shape index (κ1) is 18.9. The van der Waals surface area contributed by atoms with E-state index in [0.29, 0.717) is 6.54 Å². The third-order valence-electron chi connectivity index (χ3n) is 5.35. The summed E-state index contributed by atoms with van der Waals surface area (Å²) in [7, 11) is 0. The number of carbonyl (C=O) groups excluding carboxylic acids is 1. The van der Waals surface area contributed by atoms with E-state index in [1.807, 2.05) is 37.4 Å². The van der Waals surface area contributed by atoms with Gasteiger partial charge in [-0.25, -0.2) is 0 Å². The van der Waals surface area contributed by atoms with Gasteiger partial charge in [0.2, 0.25) is 0 Å². The summed E-state index contributed by atoms with van der Waals surface area (Å²) in [4.78, 5) is 12.3. The van der Waals surface area contributed by atoms with E-state index in [0.717, 1.165) is 34.9 Å². The Morgan fingerprint density at radius 3 is 2.55 bits per heavy atom. The minimum Gasteiger partial charge on any atom is -0.352 e. The van der Waals surface area contributed by atoms with Crippen molar-refractivity contribution in [2.75, 3.05) is 6.54 Å². The van der Waals surface area contributed by atoms with Crippen LogP contribution < -0.4 is 5.32 Å². The van der Waals surface area contributed by atoms with Crippen LogP contribution >= 0.6 is 0 Å². The summed E-state index contributed by atoms with van der Waals surface area (Å²) in [5.41, 5.74) is 7.73. The van der Waals surface area contributed by atoms with Crippen molar-refractivity contribution < 1.29 is 4.79 Å². The Balaban J connectivity index is 1.34. The van der Waals surface area contributed by atoms with Gasteiger partial charge in [0.25, 0.3) is 5.91 Å². The fraction of sp³-hybridized carbons (Fsp3) is 0.200. The number of nitrogens with zero attached hydrogens (tertiary/aromatic N) is 1. The molecule has 3 aromatic carbocycles. The molecule has 4 nitrogen and oxygen atoms in total. The number of amides is 1. The standard InChI is InChI=1S/C25H25N3O/c1-17-6-3-4-8-23(17)25(29)26-13-5-7-19-9-11-20(12-10-19)21-14-18(2)24-22(15-21)16-27-28-24/h3-4,6,8-12,14-16H,5,7,13H2,1-2H3,(H,26,29)(H,27,28). The molecule has 1 heterocycles. The molecule has 29 heavy (non-hydrogen) atoms. The molecule has 4 rings (SSSR count). The molecule has 0 bridgehead atoms. The maximum absolute atomic E-state index is 12.3. The highest BCUT2D eigenvalue weighted by atomic mass is 16.1. The molecule has 2 N–H and O–H groups in total. The zero-order valence-electron chi connectivity index (χ0n) is 16.8. The van der Waals surface area contributed by atoms with E-state index >= 15 is 0 Å². The highest BCUT2D eigenvalue weighted by Gasteiger charge is 2.07. The van der Waals surface area contributed by atoms with Gasteiger partial charge in [-0.05, 0) is 72.7 Å². The minimum atomic E-state index is 0.00320. The van der Waals surface area contributed by atoms with Crippen LogP contribution in [-0.2, 0) is 6.42 Å². The lowest BCUT2D eigenvalue weighted by Gasteiger charge is -2.08. The first-order valence-electron chi connectivity index (χ1n) is 9.99. The molecule has 4 heteroatoms. The summed E-state index contributed by atoms with van der Waals surface area (Å²) in [5, 5.41) is 11.3. The molecule has 0 aliphatic carbocycles. The Bertz CT molecular complexity index is 1140. The predicted octanol–water partition coefficient (Wildman–Crippen LogP) is 5.21. The van der Waals surface area contributed by atoms with Crippen molar-refractivity contribution in [3.63, 3.8) is 0 Å². The quantitative estimate of drug-likeness (QED) is 0.449. The number of aromatic nitrogens is 2. The van der Waals surface area contributed by atoms with Crippen molar-refractivity contribution in [1.82, 2.24) is 15.5 Å². The van der Waals surface area contributed by atoms with E-state index in [-0.39, 0.29) is 5.91 Å². The highest BCUT2D eigenvalue weighted by Crippen LogP contribution is 2.26. The molecule has 0 spiro atoms. The summed E-state index contributed by atoms with van der Waals surface area (Å²) >= 11 is 0. The van der Waals surface area contributed by atoms with E-state index in [2.05, 4.69) is 58.8 Å². The Kier molecular flexibility index (Phi) is 5.43. The normalized spacial score (nSPS) is 11.0. The summed E-state index contributed by atoms with van der Waals surface area (Å²) in [6, 6.07) is 20.7. The van der Waals surface area contributed by atoms with Gasteiger partial charge in [-0.15, -0.1) is 0 Å². The topological polar surface area (TPSA) is 57.8 Å². The van der Waals surface area contributed by atoms with E-state index < -0.39 is 0 Å². The summed E-state index contributed by atoms with van der Waals surface area (Å²) < 4.78 is 0. The van der Waals surface area contributed by atoms with E-state index in [9.17, 15) is 4.79 Å². The largest absolute Gasteiger partial charge is 0.352 e. The van der Waals surface area contributed by atoms with Crippen molar-refractivity contribution in [1.29, 1.82) is 0 Å². The number of rotatable bonds is 6. The van der Waals surface area contributed by atoms with Gasteiger partial charge in [0, 0.05) is 17.5 Å². The van der Waals surface area contributed by atoms with Crippen LogP contribution in [0.4, 0.5) is 0 Å². The van der Waals surface area contributed by atoms with E-state index in [1.54, 1.807) is 0 Å². The summed E-state index contributed by atoms with van der Waals surface area (Å²) in [5.74, 6) is 0.00320. The molecule has 0 saturated heterocycles. The van der Waals surface area contributed by atoms with Crippen LogP contribution in [0.1, 0.15) is 33.5 Å². The first-order valence-corrected chi connectivity index (χ1v) is 9.99. The predicted molar refractivity (Wildman–Crippen MR) is 118 cm³/mol. The van der Waals surface area contributed by atoms with Crippen molar-refractivity contribution >= 4 is 16.8 Å². The second kappa shape index (κ2) is 8.31. The number of carbonyl (C=O) groups is 1. The fourth-order valence-electron chi connectivity index (χ4n) is 3.68. The van der Waals surface area contributed by atoms with Crippen LogP contribution in [0, 0.1) is 13.8 Å². The fourth-order valence-corrected chi connectivity index (χ4v) is 3.68. The molecular formula is C25H25N3O. The van der Waals surface area contributed by atoms with Crippen molar-refractivity contribution in [3.05, 3.63) is 89.1 Å². The maximum Gasteiger partial charge on any atom is 0.251 e. The SMILES string of the molecule is Cc1ccccc1C(=O)NCCCc1ccc(-c2cc(C)c3[nH]ncc3c2)cc1. The summed E-state index contributed by atoms with van der Waals surface area (Å²) in [6.07, 6.45) is 3.72. The molecular weight excluding hydrogens is 358 g/mol. The molecule has 0 aliphatic heterocycles. The van der Waals surface area contributed by atoms with Gasteiger partial charge in [0.15, 0.2) is 0 Å². The van der Waals surface area contributed by atoms with Crippen LogP contribution in [0.3, 0.4) is 0 Å². The molecule has 0 atom stereocenters. The third kappa shape index (κ3) is 4.21. The number of nitrogens with one attached hydrogen (secondary N) is 2. The van der Waals surface area contributed by atoms with Gasteiger partial charge < -0.3 is 5.32 Å². The molecule has 0 radical (unpaired) electrons. The van der Waals surface area contributed by atoms with Crippen LogP contribution in [0.2, 0.25) is 0 Å². The van der Waals surface area contributed by atoms with E-state index in [1.165, 1.54) is 22.3 Å². The molecule has 1 amide bonds. The van der Waals surface area contributed by atoms with Gasteiger partial charge in [-0.3, -0.25) is 9.89 Å².